The molecule has 0 saturated heterocycles. The van der Waals surface area contributed by atoms with E-state index in [1.807, 2.05) is 12.2 Å². The third kappa shape index (κ3) is 3.39. The van der Waals surface area contributed by atoms with Crippen molar-refractivity contribution in [3.63, 3.8) is 0 Å². The number of nitro benzene ring substituents is 1. The highest BCUT2D eigenvalue weighted by Gasteiger charge is 2.20. The summed E-state index contributed by atoms with van der Waals surface area (Å²) in [5.74, 6) is 0.567. The summed E-state index contributed by atoms with van der Waals surface area (Å²) >= 11 is 0. The second kappa shape index (κ2) is 7.30. The van der Waals surface area contributed by atoms with Gasteiger partial charge in [0.1, 0.15) is 12.0 Å². The molecule has 0 N–H and O–H groups in total. The van der Waals surface area contributed by atoms with Crippen molar-refractivity contribution in [2.45, 2.75) is 19.4 Å². The van der Waals surface area contributed by atoms with Gasteiger partial charge >= 0.3 is 5.63 Å². The molecule has 26 heavy (non-hydrogen) atoms. The molecule has 1 aromatic heterocycles. The summed E-state index contributed by atoms with van der Waals surface area (Å²) in [7, 11) is 2.82. The number of rotatable bonds is 6. The Balaban J connectivity index is 1.95. The average Bonchev–Trinajstić information content (AvgIpc) is 2.65. The highest BCUT2D eigenvalue weighted by Crippen LogP contribution is 2.34. The zero-order chi connectivity index (χ0) is 18.7. The third-order valence-electron chi connectivity index (χ3n) is 4.00. The van der Waals surface area contributed by atoms with Crippen LogP contribution < -0.4 is 30.5 Å². The second-order valence-electron chi connectivity index (χ2n) is 5.58. The number of hydrogen-bond acceptors (Lipinski definition) is 7. The predicted molar refractivity (Wildman–Crippen MR) is 92.9 cm³/mol. The highest BCUT2D eigenvalue weighted by atomic mass is 16.6. The van der Waals surface area contributed by atoms with E-state index in [4.69, 9.17) is 18.6 Å². The third-order valence-corrected chi connectivity index (χ3v) is 4.00. The first-order valence-corrected chi connectivity index (χ1v) is 7.90. The molecule has 1 aliphatic rings. The van der Waals surface area contributed by atoms with Crippen molar-refractivity contribution in [2.24, 2.45) is 0 Å². The van der Waals surface area contributed by atoms with Crippen LogP contribution in [0.3, 0.4) is 0 Å². The van der Waals surface area contributed by atoms with E-state index in [1.165, 1.54) is 26.4 Å². The number of methoxy groups -OCH3 is 2. The van der Waals surface area contributed by atoms with Gasteiger partial charge in [0.25, 0.3) is 5.69 Å². The summed E-state index contributed by atoms with van der Waals surface area (Å²) in [6.07, 6.45) is 5.46. The van der Waals surface area contributed by atoms with E-state index in [1.54, 1.807) is 6.07 Å². The Labute approximate surface area is 148 Å². The van der Waals surface area contributed by atoms with Crippen molar-refractivity contribution in [3.05, 3.63) is 54.9 Å². The SMILES string of the molecule is COc1cc(COc2cc3c(oc2=O)=CCCC=3)c([N+](=O)[O-])cc1OC. The molecule has 0 saturated carbocycles. The molecular formula is C18H17NO7. The maximum Gasteiger partial charge on any atom is 0.379 e. The van der Waals surface area contributed by atoms with Gasteiger partial charge in [0, 0.05) is 5.22 Å². The fourth-order valence-corrected chi connectivity index (χ4v) is 2.70. The fourth-order valence-electron chi connectivity index (χ4n) is 2.70. The van der Waals surface area contributed by atoms with E-state index in [0.29, 0.717) is 11.2 Å². The van der Waals surface area contributed by atoms with Crippen LogP contribution in [0.1, 0.15) is 18.4 Å². The molecule has 2 aromatic rings. The van der Waals surface area contributed by atoms with Gasteiger partial charge in [-0.3, -0.25) is 10.1 Å². The number of fused-ring (bicyclic) bond motifs is 1. The second-order valence-corrected chi connectivity index (χ2v) is 5.58. The Hall–Kier alpha value is -3.29. The minimum absolute atomic E-state index is 0.000571. The van der Waals surface area contributed by atoms with Gasteiger partial charge in [-0.2, -0.15) is 0 Å². The lowest BCUT2D eigenvalue weighted by Crippen LogP contribution is -2.31. The Kier molecular flexibility index (Phi) is 4.92. The van der Waals surface area contributed by atoms with Crippen LogP contribution in [0.25, 0.3) is 12.2 Å². The highest BCUT2D eigenvalue weighted by molar-refractivity contribution is 5.54. The Morgan fingerprint density at radius 2 is 1.77 bits per heavy atom. The van der Waals surface area contributed by atoms with Crippen LogP contribution in [-0.2, 0) is 6.61 Å². The number of benzene rings is 1. The molecule has 8 nitrogen and oxygen atoms in total. The van der Waals surface area contributed by atoms with E-state index >= 15 is 0 Å². The maximum absolute atomic E-state index is 12.1. The molecule has 0 amide bonds. The molecule has 0 aliphatic heterocycles. The Morgan fingerprint density at radius 3 is 2.46 bits per heavy atom. The molecule has 0 fully saturated rings. The molecule has 1 aliphatic carbocycles. The van der Waals surface area contributed by atoms with Gasteiger partial charge in [-0.25, -0.2) is 4.79 Å². The molecule has 3 rings (SSSR count). The van der Waals surface area contributed by atoms with Crippen LogP contribution in [0.4, 0.5) is 5.69 Å². The van der Waals surface area contributed by atoms with E-state index in [2.05, 4.69) is 0 Å². The lowest BCUT2D eigenvalue weighted by molar-refractivity contribution is -0.385. The lowest BCUT2D eigenvalue weighted by Gasteiger charge is -2.11. The molecule has 136 valence electrons. The molecule has 0 atom stereocenters. The molecule has 8 heteroatoms. The topological polar surface area (TPSA) is 101 Å². The number of nitrogens with zero attached hydrogens (tertiary/aromatic N) is 1. The summed E-state index contributed by atoms with van der Waals surface area (Å²) < 4.78 is 21.0. The summed E-state index contributed by atoms with van der Waals surface area (Å²) in [4.78, 5) is 22.8. The van der Waals surface area contributed by atoms with Crippen LogP contribution in [0, 0.1) is 10.1 Å². The van der Waals surface area contributed by atoms with Crippen molar-refractivity contribution < 1.29 is 23.6 Å². The molecule has 0 unspecified atom stereocenters. The van der Waals surface area contributed by atoms with Gasteiger partial charge in [0.15, 0.2) is 11.5 Å². The fraction of sp³-hybridized carbons (Fsp3) is 0.278. The summed E-state index contributed by atoms with van der Waals surface area (Å²) in [5.41, 5.74) is -0.0469. The van der Waals surface area contributed by atoms with E-state index in [0.717, 1.165) is 18.1 Å². The quantitative estimate of drug-likeness (QED) is 0.569. The zero-order valence-electron chi connectivity index (χ0n) is 14.3. The van der Waals surface area contributed by atoms with Crippen molar-refractivity contribution in [1.29, 1.82) is 0 Å². The molecule has 0 bridgehead atoms. The van der Waals surface area contributed by atoms with E-state index in [9.17, 15) is 14.9 Å². The van der Waals surface area contributed by atoms with Crippen molar-refractivity contribution in [3.8, 4) is 17.2 Å². The smallest absolute Gasteiger partial charge is 0.379 e. The first-order valence-electron chi connectivity index (χ1n) is 7.90. The van der Waals surface area contributed by atoms with Crippen molar-refractivity contribution in [1.82, 2.24) is 0 Å². The molecule has 1 heterocycles. The predicted octanol–water partition coefficient (Wildman–Crippen LogP) is 1.50. The van der Waals surface area contributed by atoms with Gasteiger partial charge in [0.2, 0.25) is 5.75 Å². The number of ether oxygens (including phenoxy) is 3. The van der Waals surface area contributed by atoms with E-state index < -0.39 is 10.5 Å². The normalized spacial score (nSPS) is 12.4. The largest absolute Gasteiger partial charge is 0.493 e. The van der Waals surface area contributed by atoms with Crippen LogP contribution in [-0.4, -0.2) is 19.1 Å². The summed E-state index contributed by atoms with van der Waals surface area (Å²) in [5, 5.41) is 12.1. The Morgan fingerprint density at radius 1 is 1.08 bits per heavy atom. The number of nitro groups is 1. The summed E-state index contributed by atoms with van der Waals surface area (Å²) in [6, 6.07) is 4.30. The molecule has 0 radical (unpaired) electrons. The van der Waals surface area contributed by atoms with Gasteiger partial charge < -0.3 is 18.6 Å². The molecule has 0 spiro atoms. The van der Waals surface area contributed by atoms with Crippen LogP contribution >= 0.6 is 0 Å². The zero-order valence-corrected chi connectivity index (χ0v) is 14.3. The minimum atomic E-state index is -0.626. The first kappa shape index (κ1) is 17.5. The Bertz CT molecular complexity index is 1020. The van der Waals surface area contributed by atoms with Crippen LogP contribution in [0.5, 0.6) is 17.2 Å². The summed E-state index contributed by atoms with van der Waals surface area (Å²) in [6.45, 7) is -0.191. The lowest BCUT2D eigenvalue weighted by atomic mass is 10.1. The van der Waals surface area contributed by atoms with Gasteiger partial charge in [-0.15, -0.1) is 0 Å². The maximum atomic E-state index is 12.1. The van der Waals surface area contributed by atoms with Crippen molar-refractivity contribution in [2.75, 3.05) is 14.2 Å². The van der Waals surface area contributed by atoms with Gasteiger partial charge in [-0.05, 0) is 31.1 Å². The molecular weight excluding hydrogens is 342 g/mol. The monoisotopic (exact) mass is 359 g/mol. The number of hydrogen-bond donors (Lipinski definition) is 0. The van der Waals surface area contributed by atoms with Gasteiger partial charge in [0.05, 0.1) is 30.8 Å². The van der Waals surface area contributed by atoms with E-state index in [-0.39, 0.29) is 29.4 Å². The average molecular weight is 359 g/mol. The minimum Gasteiger partial charge on any atom is -0.493 e. The molecule has 1 aromatic carbocycles. The van der Waals surface area contributed by atoms with Crippen LogP contribution in [0.2, 0.25) is 0 Å². The first-order chi connectivity index (χ1) is 12.5. The van der Waals surface area contributed by atoms with Crippen LogP contribution in [0.15, 0.2) is 27.4 Å². The van der Waals surface area contributed by atoms with Gasteiger partial charge in [-0.1, -0.05) is 6.08 Å². The van der Waals surface area contributed by atoms with Crippen molar-refractivity contribution >= 4 is 17.8 Å². The standard InChI is InChI=1S/C18H17NO7/c1-23-15-8-12(13(19(21)22)9-16(15)24-2)10-25-17-7-11-5-3-4-6-14(11)26-18(17)20/h5-9H,3-4,10H2,1-2H3.